The molecule has 0 saturated carbocycles. The molecule has 3 nitrogen and oxygen atoms in total. The summed E-state index contributed by atoms with van der Waals surface area (Å²) in [5.74, 6) is -0.519. The Morgan fingerprint density at radius 3 is 2.09 bits per heavy atom. The highest BCUT2D eigenvalue weighted by atomic mass is 19.1. The second-order valence-corrected chi connectivity index (χ2v) is 5.25. The van der Waals surface area contributed by atoms with E-state index >= 15 is 0 Å². The summed E-state index contributed by atoms with van der Waals surface area (Å²) in [6, 6.07) is 11.2. The lowest BCUT2D eigenvalue weighted by Gasteiger charge is -2.20. The van der Waals surface area contributed by atoms with Gasteiger partial charge in [-0.3, -0.25) is 4.79 Å². The maximum absolute atomic E-state index is 12.9. The van der Waals surface area contributed by atoms with Gasteiger partial charge in [0, 0.05) is 0 Å². The van der Waals surface area contributed by atoms with Gasteiger partial charge in [-0.1, -0.05) is 19.1 Å². The van der Waals surface area contributed by atoms with Gasteiger partial charge >= 0.3 is 0 Å². The van der Waals surface area contributed by atoms with Gasteiger partial charge < -0.3 is 10.1 Å². The van der Waals surface area contributed by atoms with E-state index in [1.54, 1.807) is 12.1 Å². The van der Waals surface area contributed by atoms with Crippen molar-refractivity contribution in [1.29, 1.82) is 0 Å². The molecule has 0 bridgehead atoms. The number of rotatable bonds is 6. The summed E-state index contributed by atoms with van der Waals surface area (Å²) in [6.45, 7) is 3.64. The van der Waals surface area contributed by atoms with Crippen molar-refractivity contribution in [3.05, 3.63) is 65.7 Å². The van der Waals surface area contributed by atoms with Crippen LogP contribution in [0.25, 0.3) is 0 Å². The topological polar surface area (TPSA) is 38.3 Å². The van der Waals surface area contributed by atoms with Crippen molar-refractivity contribution in [2.24, 2.45) is 0 Å². The fourth-order valence-electron chi connectivity index (χ4n) is 2.14. The predicted octanol–water partition coefficient (Wildman–Crippen LogP) is 4.00. The normalized spacial score (nSPS) is 13.2. The van der Waals surface area contributed by atoms with Gasteiger partial charge in [0.05, 0.1) is 6.04 Å². The van der Waals surface area contributed by atoms with Crippen molar-refractivity contribution < 1.29 is 18.3 Å². The summed E-state index contributed by atoms with van der Waals surface area (Å²) < 4.78 is 31.4. The first-order valence-electron chi connectivity index (χ1n) is 7.47. The van der Waals surface area contributed by atoms with Gasteiger partial charge in [-0.05, 0) is 55.3 Å². The van der Waals surface area contributed by atoms with Gasteiger partial charge in [-0.25, -0.2) is 8.78 Å². The Morgan fingerprint density at radius 1 is 1.04 bits per heavy atom. The van der Waals surface area contributed by atoms with Gasteiger partial charge in [0.25, 0.3) is 5.91 Å². The minimum atomic E-state index is -0.677. The molecule has 1 N–H and O–H groups in total. The molecule has 2 atom stereocenters. The fraction of sp³-hybridized carbons (Fsp3) is 0.278. The summed E-state index contributed by atoms with van der Waals surface area (Å²) in [5.41, 5.74) is 0.802. The Labute approximate surface area is 134 Å². The van der Waals surface area contributed by atoms with Gasteiger partial charge in [0.15, 0.2) is 6.10 Å². The highest BCUT2D eigenvalue weighted by Crippen LogP contribution is 2.17. The highest BCUT2D eigenvalue weighted by molar-refractivity contribution is 5.81. The van der Waals surface area contributed by atoms with Crippen LogP contribution in [-0.2, 0) is 4.79 Å². The van der Waals surface area contributed by atoms with Crippen molar-refractivity contribution in [3.8, 4) is 5.75 Å². The zero-order valence-corrected chi connectivity index (χ0v) is 13.1. The van der Waals surface area contributed by atoms with Crippen LogP contribution in [0.15, 0.2) is 48.5 Å². The van der Waals surface area contributed by atoms with Crippen LogP contribution in [0.5, 0.6) is 5.75 Å². The van der Waals surface area contributed by atoms with Gasteiger partial charge in [-0.2, -0.15) is 0 Å². The van der Waals surface area contributed by atoms with Crippen molar-refractivity contribution in [1.82, 2.24) is 5.32 Å². The summed E-state index contributed by atoms with van der Waals surface area (Å²) in [6.07, 6.45) is -0.206. The number of amides is 1. The smallest absolute Gasteiger partial charge is 0.261 e. The van der Waals surface area contributed by atoms with Crippen LogP contribution in [0.1, 0.15) is 31.9 Å². The Morgan fingerprint density at radius 2 is 1.57 bits per heavy atom. The number of ether oxygens (including phenoxy) is 1. The monoisotopic (exact) mass is 319 g/mol. The van der Waals surface area contributed by atoms with E-state index in [9.17, 15) is 13.6 Å². The molecule has 23 heavy (non-hydrogen) atoms. The van der Waals surface area contributed by atoms with Crippen molar-refractivity contribution in [2.45, 2.75) is 32.4 Å². The molecule has 2 rings (SSSR count). The number of halogens is 2. The van der Waals surface area contributed by atoms with Crippen LogP contribution in [0.3, 0.4) is 0 Å². The molecule has 0 aliphatic heterocycles. The Kier molecular flexibility index (Phi) is 5.68. The molecule has 0 radical (unpaired) electrons. The number of carbonyl (C=O) groups excluding carboxylic acids is 1. The lowest BCUT2D eigenvalue weighted by molar-refractivity contribution is -0.128. The second kappa shape index (κ2) is 7.72. The van der Waals surface area contributed by atoms with Crippen LogP contribution < -0.4 is 10.1 Å². The molecule has 0 aliphatic rings. The quantitative estimate of drug-likeness (QED) is 0.874. The Hall–Kier alpha value is -2.43. The molecule has 0 unspecified atom stereocenters. The largest absolute Gasteiger partial charge is 0.481 e. The first-order valence-corrected chi connectivity index (χ1v) is 7.47. The van der Waals surface area contributed by atoms with Crippen molar-refractivity contribution >= 4 is 5.91 Å². The Balaban J connectivity index is 1.99. The molecule has 1 amide bonds. The van der Waals surface area contributed by atoms with Crippen LogP contribution in [0.2, 0.25) is 0 Å². The van der Waals surface area contributed by atoms with E-state index in [-0.39, 0.29) is 23.6 Å². The molecule has 122 valence electrons. The number of hydrogen-bond acceptors (Lipinski definition) is 2. The summed E-state index contributed by atoms with van der Waals surface area (Å²) in [4.78, 5) is 12.3. The number of hydrogen-bond donors (Lipinski definition) is 1. The summed E-state index contributed by atoms with van der Waals surface area (Å²) in [5, 5.41) is 2.84. The van der Waals surface area contributed by atoms with E-state index in [2.05, 4.69) is 5.32 Å². The van der Waals surface area contributed by atoms with E-state index in [0.29, 0.717) is 12.2 Å². The third-order valence-electron chi connectivity index (χ3n) is 3.48. The lowest BCUT2D eigenvalue weighted by Crippen LogP contribution is -2.39. The highest BCUT2D eigenvalue weighted by Gasteiger charge is 2.20. The molecule has 0 fully saturated rings. The minimum Gasteiger partial charge on any atom is -0.481 e. The average Bonchev–Trinajstić information content (AvgIpc) is 2.54. The van der Waals surface area contributed by atoms with Crippen LogP contribution in [0.4, 0.5) is 8.78 Å². The van der Waals surface area contributed by atoms with Crippen LogP contribution in [-0.4, -0.2) is 12.0 Å². The molecular formula is C18H19F2NO2. The van der Waals surface area contributed by atoms with Crippen molar-refractivity contribution in [3.63, 3.8) is 0 Å². The maximum Gasteiger partial charge on any atom is 0.261 e. The zero-order valence-electron chi connectivity index (χ0n) is 13.1. The third-order valence-corrected chi connectivity index (χ3v) is 3.48. The molecular weight excluding hydrogens is 300 g/mol. The van der Waals surface area contributed by atoms with Gasteiger partial charge in [-0.15, -0.1) is 0 Å². The number of nitrogens with one attached hydrogen (secondary N) is 1. The SMILES string of the molecule is CC[C@H](Oc1ccc(F)cc1)C(=O)N[C@@H](C)c1ccc(F)cc1. The van der Waals surface area contributed by atoms with Crippen LogP contribution in [0, 0.1) is 11.6 Å². The standard InChI is InChI=1S/C18H19F2NO2/c1-3-17(23-16-10-8-15(20)9-11-16)18(22)21-12(2)13-4-6-14(19)7-5-13/h4-12,17H,3H2,1-2H3,(H,21,22)/t12-,17-/m0/s1. The van der Waals surface area contributed by atoms with Crippen molar-refractivity contribution in [2.75, 3.05) is 0 Å². The average molecular weight is 319 g/mol. The van der Waals surface area contributed by atoms with E-state index in [1.165, 1.54) is 36.4 Å². The van der Waals surface area contributed by atoms with E-state index in [1.807, 2.05) is 13.8 Å². The molecule has 2 aromatic carbocycles. The fourth-order valence-corrected chi connectivity index (χ4v) is 2.14. The molecule has 0 aromatic heterocycles. The first kappa shape index (κ1) is 16.9. The van der Waals surface area contributed by atoms with E-state index in [0.717, 1.165) is 5.56 Å². The third kappa shape index (κ3) is 4.77. The molecule has 0 spiro atoms. The van der Waals surface area contributed by atoms with Crippen LogP contribution >= 0.6 is 0 Å². The molecule has 0 heterocycles. The number of benzene rings is 2. The van der Waals surface area contributed by atoms with E-state index < -0.39 is 6.10 Å². The summed E-state index contributed by atoms with van der Waals surface area (Å²) >= 11 is 0. The van der Waals surface area contributed by atoms with Gasteiger partial charge in [0.2, 0.25) is 0 Å². The lowest BCUT2D eigenvalue weighted by atomic mass is 10.1. The Bertz CT molecular complexity index is 641. The first-order chi connectivity index (χ1) is 11.0. The molecule has 0 aliphatic carbocycles. The van der Waals surface area contributed by atoms with E-state index in [4.69, 9.17) is 4.74 Å². The molecule has 5 heteroatoms. The maximum atomic E-state index is 12.9. The molecule has 0 saturated heterocycles. The molecule has 2 aromatic rings. The van der Waals surface area contributed by atoms with Gasteiger partial charge in [0.1, 0.15) is 17.4 Å². The second-order valence-electron chi connectivity index (χ2n) is 5.25. The predicted molar refractivity (Wildman–Crippen MR) is 84.1 cm³/mol. The minimum absolute atomic E-state index is 0.269. The number of carbonyl (C=O) groups is 1. The zero-order chi connectivity index (χ0) is 16.8. The summed E-state index contributed by atoms with van der Waals surface area (Å²) in [7, 11) is 0.